The van der Waals surface area contributed by atoms with E-state index < -0.39 is 5.97 Å². The number of carboxylic acids is 1. The quantitative estimate of drug-likeness (QED) is 0.652. The van der Waals surface area contributed by atoms with Crippen molar-refractivity contribution in [2.24, 2.45) is 0 Å². The fourth-order valence-corrected chi connectivity index (χ4v) is 1.78. The molecule has 1 aliphatic rings. The molecule has 4 heteroatoms. The number of nitrogens with one attached hydrogen (secondary N) is 1. The molecule has 0 aliphatic carbocycles. The standard InChI is InChI=1S/C10H18N2O2/c1-2-12(8-5-10(13)14)9-3-6-11-7-4-9/h5,8-9,11H,2-4,6-7H2,1H3,(H,13,14). The van der Waals surface area contributed by atoms with Crippen molar-refractivity contribution < 1.29 is 9.90 Å². The van der Waals surface area contributed by atoms with E-state index in [1.165, 1.54) is 6.08 Å². The summed E-state index contributed by atoms with van der Waals surface area (Å²) >= 11 is 0. The third-order valence-electron chi connectivity index (χ3n) is 2.55. The minimum Gasteiger partial charge on any atom is -0.478 e. The molecule has 4 nitrogen and oxygen atoms in total. The average Bonchev–Trinajstić information content (AvgIpc) is 2.20. The minimum absolute atomic E-state index is 0.497. The predicted molar refractivity (Wildman–Crippen MR) is 55.0 cm³/mol. The van der Waals surface area contributed by atoms with Gasteiger partial charge in [-0.15, -0.1) is 0 Å². The molecule has 1 fully saturated rings. The maximum Gasteiger partial charge on any atom is 0.329 e. The van der Waals surface area contributed by atoms with E-state index in [9.17, 15) is 4.79 Å². The van der Waals surface area contributed by atoms with Crippen LogP contribution in [0.5, 0.6) is 0 Å². The van der Waals surface area contributed by atoms with Gasteiger partial charge in [0.1, 0.15) is 0 Å². The first-order chi connectivity index (χ1) is 6.74. The molecule has 2 N–H and O–H groups in total. The molecule has 0 spiro atoms. The molecule has 0 amide bonds. The van der Waals surface area contributed by atoms with Crippen LogP contribution in [0.2, 0.25) is 0 Å². The van der Waals surface area contributed by atoms with Crippen molar-refractivity contribution in [3.8, 4) is 0 Å². The number of carboxylic acid groups (broad SMARTS) is 1. The molecule has 80 valence electrons. The first-order valence-corrected chi connectivity index (χ1v) is 5.11. The molecular formula is C10H18N2O2. The van der Waals surface area contributed by atoms with Crippen molar-refractivity contribution >= 4 is 5.97 Å². The Morgan fingerprint density at radius 3 is 2.71 bits per heavy atom. The first kappa shape index (κ1) is 11.0. The van der Waals surface area contributed by atoms with Gasteiger partial charge < -0.3 is 15.3 Å². The fourth-order valence-electron chi connectivity index (χ4n) is 1.78. The summed E-state index contributed by atoms with van der Waals surface area (Å²) in [5.41, 5.74) is 0. The van der Waals surface area contributed by atoms with Crippen LogP contribution in [-0.4, -0.2) is 41.7 Å². The van der Waals surface area contributed by atoms with Gasteiger partial charge in [-0.05, 0) is 32.9 Å². The number of piperidine rings is 1. The first-order valence-electron chi connectivity index (χ1n) is 5.11. The molecule has 0 atom stereocenters. The van der Waals surface area contributed by atoms with E-state index in [4.69, 9.17) is 5.11 Å². The summed E-state index contributed by atoms with van der Waals surface area (Å²) in [7, 11) is 0. The predicted octanol–water partition coefficient (Wildman–Crippen LogP) is 0.659. The zero-order valence-corrected chi connectivity index (χ0v) is 8.57. The normalized spacial score (nSPS) is 18.6. The van der Waals surface area contributed by atoms with Crippen molar-refractivity contribution in [2.45, 2.75) is 25.8 Å². The maximum absolute atomic E-state index is 10.4. The number of rotatable bonds is 4. The average molecular weight is 198 g/mol. The second-order valence-electron chi connectivity index (χ2n) is 3.47. The highest BCUT2D eigenvalue weighted by molar-refractivity contribution is 5.79. The molecule has 0 aromatic carbocycles. The van der Waals surface area contributed by atoms with Gasteiger partial charge in [-0.3, -0.25) is 0 Å². The number of nitrogens with zero attached hydrogens (tertiary/aromatic N) is 1. The maximum atomic E-state index is 10.4. The fraction of sp³-hybridized carbons (Fsp3) is 0.700. The minimum atomic E-state index is -0.877. The van der Waals surface area contributed by atoms with E-state index in [0.717, 1.165) is 32.5 Å². The van der Waals surface area contributed by atoms with E-state index in [-0.39, 0.29) is 0 Å². The van der Waals surface area contributed by atoms with Gasteiger partial charge in [0, 0.05) is 24.9 Å². The Kier molecular flexibility index (Phi) is 4.46. The van der Waals surface area contributed by atoms with Crippen LogP contribution in [-0.2, 0) is 4.79 Å². The summed E-state index contributed by atoms with van der Waals surface area (Å²) in [6.45, 7) is 4.98. The zero-order chi connectivity index (χ0) is 10.4. The van der Waals surface area contributed by atoms with Crippen LogP contribution < -0.4 is 5.32 Å². The van der Waals surface area contributed by atoms with Gasteiger partial charge >= 0.3 is 5.97 Å². The smallest absolute Gasteiger partial charge is 0.329 e. The van der Waals surface area contributed by atoms with Crippen LogP contribution in [0.4, 0.5) is 0 Å². The third kappa shape index (κ3) is 3.38. The molecular weight excluding hydrogens is 180 g/mol. The number of aliphatic carboxylic acids is 1. The van der Waals surface area contributed by atoms with Gasteiger partial charge in [-0.25, -0.2) is 4.79 Å². The number of hydrogen-bond donors (Lipinski definition) is 2. The zero-order valence-electron chi connectivity index (χ0n) is 8.57. The molecule has 0 saturated carbocycles. The van der Waals surface area contributed by atoms with E-state index in [1.54, 1.807) is 6.20 Å². The Hall–Kier alpha value is -1.03. The summed E-state index contributed by atoms with van der Waals surface area (Å²) in [6, 6.07) is 0.497. The van der Waals surface area contributed by atoms with E-state index in [1.807, 2.05) is 6.92 Å². The highest BCUT2D eigenvalue weighted by Gasteiger charge is 2.16. The van der Waals surface area contributed by atoms with Gasteiger partial charge in [-0.1, -0.05) is 0 Å². The Labute approximate surface area is 84.6 Å². The Balaban J connectivity index is 2.47. The molecule has 1 aliphatic heterocycles. The monoisotopic (exact) mass is 198 g/mol. The van der Waals surface area contributed by atoms with E-state index in [0.29, 0.717) is 6.04 Å². The van der Waals surface area contributed by atoms with E-state index >= 15 is 0 Å². The van der Waals surface area contributed by atoms with Crippen LogP contribution >= 0.6 is 0 Å². The topological polar surface area (TPSA) is 52.6 Å². The summed E-state index contributed by atoms with van der Waals surface area (Å²) < 4.78 is 0. The summed E-state index contributed by atoms with van der Waals surface area (Å²) in [6.07, 6.45) is 5.10. The molecule has 14 heavy (non-hydrogen) atoms. The highest BCUT2D eigenvalue weighted by atomic mass is 16.4. The van der Waals surface area contributed by atoms with Crippen LogP contribution in [0.3, 0.4) is 0 Å². The lowest BCUT2D eigenvalue weighted by Crippen LogP contribution is -2.40. The van der Waals surface area contributed by atoms with Gasteiger partial charge in [0.15, 0.2) is 0 Å². The largest absolute Gasteiger partial charge is 0.478 e. The second-order valence-corrected chi connectivity index (χ2v) is 3.47. The Morgan fingerprint density at radius 2 is 2.21 bits per heavy atom. The van der Waals surface area contributed by atoms with Gasteiger partial charge in [0.05, 0.1) is 0 Å². The molecule has 0 unspecified atom stereocenters. The van der Waals surface area contributed by atoms with Crippen molar-refractivity contribution in [2.75, 3.05) is 19.6 Å². The molecule has 0 radical (unpaired) electrons. The number of hydrogen-bond acceptors (Lipinski definition) is 3. The summed E-state index contributed by atoms with van der Waals surface area (Å²) in [4.78, 5) is 12.5. The molecule has 0 aromatic rings. The summed E-state index contributed by atoms with van der Waals surface area (Å²) in [5.74, 6) is -0.877. The van der Waals surface area contributed by atoms with Crippen LogP contribution in [0.15, 0.2) is 12.3 Å². The third-order valence-corrected chi connectivity index (χ3v) is 2.55. The summed E-state index contributed by atoms with van der Waals surface area (Å²) in [5, 5.41) is 11.8. The van der Waals surface area contributed by atoms with Crippen molar-refractivity contribution in [3.05, 3.63) is 12.3 Å². The lowest BCUT2D eigenvalue weighted by molar-refractivity contribution is -0.131. The lowest BCUT2D eigenvalue weighted by atomic mass is 10.1. The van der Waals surface area contributed by atoms with Crippen LogP contribution in [0.25, 0.3) is 0 Å². The van der Waals surface area contributed by atoms with Gasteiger partial charge in [-0.2, -0.15) is 0 Å². The van der Waals surface area contributed by atoms with Gasteiger partial charge in [0.25, 0.3) is 0 Å². The van der Waals surface area contributed by atoms with Gasteiger partial charge in [0.2, 0.25) is 0 Å². The molecule has 1 saturated heterocycles. The Bertz CT molecular complexity index is 210. The molecule has 1 heterocycles. The molecule has 0 bridgehead atoms. The van der Waals surface area contributed by atoms with E-state index in [2.05, 4.69) is 10.2 Å². The number of carbonyl (C=O) groups is 1. The van der Waals surface area contributed by atoms with Crippen LogP contribution in [0.1, 0.15) is 19.8 Å². The van der Waals surface area contributed by atoms with Crippen LogP contribution in [0, 0.1) is 0 Å². The lowest BCUT2D eigenvalue weighted by Gasteiger charge is -2.32. The SMILES string of the molecule is CCN(C=CC(=O)O)C1CCNCC1. The van der Waals surface area contributed by atoms with Crippen molar-refractivity contribution in [1.29, 1.82) is 0 Å². The molecule has 1 rings (SSSR count). The highest BCUT2D eigenvalue weighted by Crippen LogP contribution is 2.11. The van der Waals surface area contributed by atoms with Crippen molar-refractivity contribution in [1.82, 2.24) is 10.2 Å². The second kappa shape index (κ2) is 5.65. The van der Waals surface area contributed by atoms with Crippen molar-refractivity contribution in [3.63, 3.8) is 0 Å². The molecule has 0 aromatic heterocycles. The Morgan fingerprint density at radius 1 is 1.57 bits per heavy atom.